The molecule has 0 saturated carbocycles. The van der Waals surface area contributed by atoms with Gasteiger partial charge in [0.2, 0.25) is 0 Å². The second kappa shape index (κ2) is 9.69. The second-order valence-corrected chi connectivity index (χ2v) is 6.15. The molecule has 4 N–H and O–H groups in total. The number of piperidine rings is 1. The molecule has 0 bridgehead atoms. The Morgan fingerprint density at radius 1 is 1.30 bits per heavy atom. The van der Waals surface area contributed by atoms with Gasteiger partial charge in [-0.2, -0.15) is 8.42 Å². The molecular weight excluding hydrogens is 315 g/mol. The molecule has 20 heavy (non-hydrogen) atoms. The summed E-state index contributed by atoms with van der Waals surface area (Å²) >= 11 is 0. The molecule has 1 heterocycles. The van der Waals surface area contributed by atoms with E-state index in [0.717, 1.165) is 25.9 Å². The Hall–Kier alpha value is 0.736. The van der Waals surface area contributed by atoms with E-state index in [-0.39, 0.29) is 64.9 Å². The average Bonchev–Trinajstić information content (AvgIpc) is 2.12. The minimum Gasteiger partial charge on any atom is -1.00 e. The van der Waals surface area contributed by atoms with Crippen molar-refractivity contribution in [2.45, 2.75) is 45.3 Å². The Balaban J connectivity index is -0.000000405. The normalized spacial score (nSPS) is 16.6. The Labute approximate surface area is 163 Å². The van der Waals surface area contributed by atoms with Gasteiger partial charge in [0.15, 0.2) is 0 Å². The number of amides is 1. The van der Waals surface area contributed by atoms with Crippen LogP contribution in [0.2, 0.25) is 0 Å². The maximum absolute atomic E-state index is 11.6. The van der Waals surface area contributed by atoms with Crippen molar-refractivity contribution >= 4 is 16.5 Å². The Morgan fingerprint density at radius 3 is 1.95 bits per heavy atom. The molecule has 10 heteroatoms. The molecule has 1 aliphatic heterocycles. The monoisotopic (exact) mass is 338 g/mol. The number of nitrogens with zero attached hydrogens (tertiary/aromatic N) is 1. The number of hydrogen-bond acceptors (Lipinski definition) is 5. The molecule has 1 rings (SSSR count). The van der Waals surface area contributed by atoms with Crippen molar-refractivity contribution in [3.05, 3.63) is 0 Å². The van der Waals surface area contributed by atoms with Crippen LogP contribution in [0.5, 0.6) is 0 Å². The number of carbonyl (C=O) groups excluding carboxylic acids is 1. The number of ether oxygens (including phenoxy) is 1. The van der Waals surface area contributed by atoms with Crippen molar-refractivity contribution in [1.29, 1.82) is 0 Å². The van der Waals surface area contributed by atoms with Gasteiger partial charge in [-0.15, -0.1) is 0 Å². The molecule has 8 nitrogen and oxygen atoms in total. The molecule has 1 aliphatic rings. The number of hydrogen-bond donors (Lipinski definition) is 3. The van der Waals surface area contributed by atoms with Gasteiger partial charge >= 0.3 is 67.9 Å². The number of carbonyl (C=O) groups is 1. The van der Waals surface area contributed by atoms with Gasteiger partial charge < -0.3 is 16.8 Å². The van der Waals surface area contributed by atoms with Crippen LogP contribution in [0.4, 0.5) is 4.79 Å². The molecule has 0 spiro atoms. The fourth-order valence-electron chi connectivity index (χ4n) is 1.41. The molecule has 1 fully saturated rings. The number of likely N-dealkylation sites (tertiary alicyclic amines) is 1. The van der Waals surface area contributed by atoms with Crippen molar-refractivity contribution in [2.24, 2.45) is 5.73 Å². The second-order valence-electron chi connectivity index (χ2n) is 5.25. The first-order valence-electron chi connectivity index (χ1n) is 5.82. The fraction of sp³-hybridized carbons (Fsp3) is 0.900. The Kier molecular flexibility index (Phi) is 11.2. The zero-order valence-corrected chi connectivity index (χ0v) is 16.3. The molecule has 116 valence electrons. The molecule has 1 saturated heterocycles. The van der Waals surface area contributed by atoms with E-state index in [2.05, 4.69) is 0 Å². The first-order chi connectivity index (χ1) is 8.38. The summed E-state index contributed by atoms with van der Waals surface area (Å²) in [6.45, 7) is 7.06. The van der Waals surface area contributed by atoms with Crippen LogP contribution < -0.4 is 57.1 Å². The van der Waals surface area contributed by atoms with Gasteiger partial charge in [-0.05, 0) is 33.6 Å². The number of rotatable bonds is 0. The zero-order valence-electron chi connectivity index (χ0n) is 13.4. The Morgan fingerprint density at radius 2 is 1.65 bits per heavy atom. The smallest absolute Gasteiger partial charge is 1.00 e. The van der Waals surface area contributed by atoms with Gasteiger partial charge in [0.25, 0.3) is 0 Å². The minimum atomic E-state index is -4.67. The first-order valence-corrected chi connectivity index (χ1v) is 7.21. The van der Waals surface area contributed by atoms with E-state index >= 15 is 0 Å². The fourth-order valence-corrected chi connectivity index (χ4v) is 1.41. The van der Waals surface area contributed by atoms with E-state index in [1.807, 2.05) is 20.8 Å². The van der Waals surface area contributed by atoms with E-state index in [4.69, 9.17) is 28.0 Å². The SMILES string of the molecule is CC(C)(C)OC(=O)N1CCC(N)CC1.O=S(=O)(O)O.[H-].[K+]. The molecule has 0 aromatic carbocycles. The van der Waals surface area contributed by atoms with Gasteiger partial charge in [-0.25, -0.2) is 4.79 Å². The summed E-state index contributed by atoms with van der Waals surface area (Å²) < 4.78 is 36.8. The largest absolute Gasteiger partial charge is 1.00 e. The third-order valence-electron chi connectivity index (χ3n) is 2.19. The summed E-state index contributed by atoms with van der Waals surface area (Å²) in [5.41, 5.74) is 5.34. The summed E-state index contributed by atoms with van der Waals surface area (Å²) in [5, 5.41) is 0. The Bertz CT molecular complexity index is 385. The average molecular weight is 338 g/mol. The van der Waals surface area contributed by atoms with E-state index < -0.39 is 16.0 Å². The van der Waals surface area contributed by atoms with Gasteiger partial charge in [0.05, 0.1) is 0 Å². The van der Waals surface area contributed by atoms with Crippen LogP contribution in [0.3, 0.4) is 0 Å². The summed E-state index contributed by atoms with van der Waals surface area (Å²) in [4.78, 5) is 13.3. The maximum atomic E-state index is 11.6. The first kappa shape index (κ1) is 23.0. The van der Waals surface area contributed by atoms with Crippen LogP contribution in [0.15, 0.2) is 0 Å². The van der Waals surface area contributed by atoms with Gasteiger partial charge in [0, 0.05) is 19.1 Å². The number of nitrogens with two attached hydrogens (primary N) is 1. The standard InChI is InChI=1S/C10H20N2O2.K.H2O4S.H/c1-10(2,3)14-9(13)12-6-4-8(11)5-7-12;;1-5(2,3)4;/h8H,4-7,11H2,1-3H3;;(H2,1,2,3,4);/q;+1;;-1. The van der Waals surface area contributed by atoms with Crippen LogP contribution in [-0.4, -0.2) is 53.2 Å². The maximum Gasteiger partial charge on any atom is 1.00 e. The predicted octanol–water partition coefficient (Wildman–Crippen LogP) is -2.19. The molecule has 0 unspecified atom stereocenters. The molecule has 0 aromatic rings. The van der Waals surface area contributed by atoms with E-state index in [9.17, 15) is 4.79 Å². The van der Waals surface area contributed by atoms with Crippen LogP contribution in [-0.2, 0) is 15.1 Å². The quantitative estimate of drug-likeness (QED) is 0.338. The van der Waals surface area contributed by atoms with Gasteiger partial charge in [0.1, 0.15) is 5.60 Å². The predicted molar refractivity (Wildman–Crippen MR) is 70.3 cm³/mol. The third-order valence-corrected chi connectivity index (χ3v) is 2.19. The van der Waals surface area contributed by atoms with Crippen molar-refractivity contribution < 1.29 is 79.9 Å². The van der Waals surface area contributed by atoms with Crippen molar-refractivity contribution in [2.75, 3.05) is 13.1 Å². The van der Waals surface area contributed by atoms with E-state index in [1.54, 1.807) is 4.90 Å². The molecule has 0 aliphatic carbocycles. The van der Waals surface area contributed by atoms with Crippen LogP contribution in [0.25, 0.3) is 0 Å². The molecule has 0 radical (unpaired) electrons. The van der Waals surface area contributed by atoms with Crippen LogP contribution >= 0.6 is 0 Å². The topological polar surface area (TPSA) is 130 Å². The van der Waals surface area contributed by atoms with Crippen molar-refractivity contribution in [3.63, 3.8) is 0 Å². The van der Waals surface area contributed by atoms with E-state index in [0.29, 0.717) is 0 Å². The summed E-state index contributed by atoms with van der Waals surface area (Å²) in [5.74, 6) is 0. The summed E-state index contributed by atoms with van der Waals surface area (Å²) in [7, 11) is -4.67. The molecule has 0 atom stereocenters. The van der Waals surface area contributed by atoms with Crippen molar-refractivity contribution in [1.82, 2.24) is 4.90 Å². The van der Waals surface area contributed by atoms with E-state index in [1.165, 1.54) is 0 Å². The van der Waals surface area contributed by atoms with Crippen molar-refractivity contribution in [3.8, 4) is 0 Å². The summed E-state index contributed by atoms with van der Waals surface area (Å²) in [6.07, 6.45) is 1.53. The molecular formula is C10H23KN2O6S. The molecule has 0 aromatic heterocycles. The third kappa shape index (κ3) is 15.1. The minimum absolute atomic E-state index is 0. The molecule has 1 amide bonds. The van der Waals surface area contributed by atoms with Crippen LogP contribution in [0.1, 0.15) is 35.0 Å². The zero-order chi connectivity index (χ0) is 15.3. The van der Waals surface area contributed by atoms with Gasteiger partial charge in [-0.3, -0.25) is 9.11 Å². The summed E-state index contributed by atoms with van der Waals surface area (Å²) in [6, 6.07) is 0.244. The van der Waals surface area contributed by atoms with Crippen LogP contribution in [0, 0.1) is 0 Å². The van der Waals surface area contributed by atoms with Gasteiger partial charge in [-0.1, -0.05) is 0 Å².